The molecule has 0 saturated carbocycles. The number of nitrogens with one attached hydrogen (secondary N) is 1. The van der Waals surface area contributed by atoms with Crippen LogP contribution in [0.1, 0.15) is 36.6 Å². The third-order valence-electron chi connectivity index (χ3n) is 7.98. The highest BCUT2D eigenvalue weighted by Crippen LogP contribution is 2.29. The number of imidazole rings is 1. The number of urea groups is 1. The van der Waals surface area contributed by atoms with Crippen molar-refractivity contribution in [3.05, 3.63) is 114 Å². The molecule has 0 bridgehead atoms. The molecule has 41 heavy (non-hydrogen) atoms. The molecule has 2 amide bonds. The van der Waals surface area contributed by atoms with Gasteiger partial charge in [-0.1, -0.05) is 86.1 Å². The molecule has 5 aromatic rings. The maximum Gasteiger partial charge on any atom is 0.321 e. The third-order valence-corrected chi connectivity index (χ3v) is 7.98. The van der Waals surface area contributed by atoms with E-state index in [0.29, 0.717) is 19.0 Å². The SMILES string of the molecule is Cc1cccc(-c2ccc3nc(-c4ccccc4)c(CN4CCN(C(=O)Nc5ccc(C(C)C)cc5)CC4)n3c2)c1. The summed E-state index contributed by atoms with van der Waals surface area (Å²) >= 11 is 0. The number of aromatic nitrogens is 2. The van der Waals surface area contributed by atoms with Crippen LogP contribution >= 0.6 is 0 Å². The van der Waals surface area contributed by atoms with Gasteiger partial charge in [0.2, 0.25) is 0 Å². The molecule has 1 N–H and O–H groups in total. The largest absolute Gasteiger partial charge is 0.322 e. The lowest BCUT2D eigenvalue weighted by molar-refractivity contribution is 0.142. The number of aryl methyl sites for hydroxylation is 1. The summed E-state index contributed by atoms with van der Waals surface area (Å²) in [5.41, 5.74) is 9.96. The quantitative estimate of drug-likeness (QED) is 0.242. The number of anilines is 1. The molecule has 2 aromatic heterocycles. The van der Waals surface area contributed by atoms with Crippen LogP contribution in [0, 0.1) is 6.92 Å². The van der Waals surface area contributed by atoms with E-state index >= 15 is 0 Å². The van der Waals surface area contributed by atoms with Crippen molar-refractivity contribution >= 4 is 17.4 Å². The highest BCUT2D eigenvalue weighted by molar-refractivity contribution is 5.89. The second-order valence-corrected chi connectivity index (χ2v) is 11.3. The summed E-state index contributed by atoms with van der Waals surface area (Å²) < 4.78 is 2.25. The van der Waals surface area contributed by atoms with Crippen molar-refractivity contribution in [2.24, 2.45) is 0 Å². The van der Waals surface area contributed by atoms with Gasteiger partial charge in [0.15, 0.2) is 0 Å². The molecule has 208 valence electrons. The van der Waals surface area contributed by atoms with E-state index in [9.17, 15) is 4.79 Å². The molecule has 0 spiro atoms. The number of rotatable bonds is 6. The van der Waals surface area contributed by atoms with E-state index in [0.717, 1.165) is 42.2 Å². The molecule has 1 aliphatic rings. The van der Waals surface area contributed by atoms with Crippen molar-refractivity contribution in [2.75, 3.05) is 31.5 Å². The third kappa shape index (κ3) is 5.88. The molecule has 3 aromatic carbocycles. The number of benzene rings is 3. The minimum Gasteiger partial charge on any atom is -0.322 e. The number of hydrogen-bond donors (Lipinski definition) is 1. The topological polar surface area (TPSA) is 52.9 Å². The van der Waals surface area contributed by atoms with Crippen LogP contribution in [0.25, 0.3) is 28.0 Å². The smallest absolute Gasteiger partial charge is 0.321 e. The number of carbonyl (C=O) groups excluding carboxylic acids is 1. The normalized spacial score (nSPS) is 14.1. The average Bonchev–Trinajstić information content (AvgIpc) is 3.35. The van der Waals surface area contributed by atoms with Crippen molar-refractivity contribution in [1.82, 2.24) is 19.2 Å². The van der Waals surface area contributed by atoms with Crippen molar-refractivity contribution in [1.29, 1.82) is 0 Å². The molecule has 1 saturated heterocycles. The highest BCUT2D eigenvalue weighted by atomic mass is 16.2. The zero-order valence-corrected chi connectivity index (χ0v) is 24.0. The Bertz CT molecular complexity index is 1650. The van der Waals surface area contributed by atoms with Gasteiger partial charge in [-0.05, 0) is 53.8 Å². The number of pyridine rings is 1. The van der Waals surface area contributed by atoms with Crippen LogP contribution in [-0.2, 0) is 6.54 Å². The first kappa shape index (κ1) is 26.8. The lowest BCUT2D eigenvalue weighted by Gasteiger charge is -2.34. The van der Waals surface area contributed by atoms with E-state index in [1.54, 1.807) is 0 Å². The minimum absolute atomic E-state index is 0.0375. The summed E-state index contributed by atoms with van der Waals surface area (Å²) in [6.45, 7) is 10.2. The van der Waals surface area contributed by atoms with Gasteiger partial charge in [0.1, 0.15) is 5.65 Å². The van der Waals surface area contributed by atoms with Crippen LogP contribution in [0.15, 0.2) is 97.2 Å². The second-order valence-electron chi connectivity index (χ2n) is 11.3. The van der Waals surface area contributed by atoms with Gasteiger partial charge in [0.25, 0.3) is 0 Å². The lowest BCUT2D eigenvalue weighted by atomic mass is 10.0. The highest BCUT2D eigenvalue weighted by Gasteiger charge is 2.24. The fourth-order valence-electron chi connectivity index (χ4n) is 5.54. The first-order chi connectivity index (χ1) is 19.9. The van der Waals surface area contributed by atoms with Gasteiger partial charge < -0.3 is 14.6 Å². The molecular weight excluding hydrogens is 506 g/mol. The number of amides is 2. The fraction of sp³-hybridized carbons (Fsp3) is 0.257. The zero-order valence-electron chi connectivity index (χ0n) is 24.0. The predicted octanol–water partition coefficient (Wildman–Crippen LogP) is 7.45. The van der Waals surface area contributed by atoms with E-state index in [-0.39, 0.29) is 6.03 Å². The van der Waals surface area contributed by atoms with Gasteiger partial charge in [-0.15, -0.1) is 0 Å². The van der Waals surface area contributed by atoms with Crippen molar-refractivity contribution < 1.29 is 4.79 Å². The summed E-state index contributed by atoms with van der Waals surface area (Å²) in [6, 6.07) is 31.4. The van der Waals surface area contributed by atoms with Crippen molar-refractivity contribution in [3.8, 4) is 22.4 Å². The average molecular weight is 544 g/mol. The molecule has 0 unspecified atom stereocenters. The van der Waals surface area contributed by atoms with Crippen molar-refractivity contribution in [2.45, 2.75) is 33.2 Å². The molecule has 0 aliphatic carbocycles. The Balaban J connectivity index is 1.21. The number of hydrogen-bond acceptors (Lipinski definition) is 3. The number of carbonyl (C=O) groups is 1. The Hall–Kier alpha value is -4.42. The first-order valence-corrected chi connectivity index (χ1v) is 14.5. The van der Waals surface area contributed by atoms with Gasteiger partial charge in [-0.3, -0.25) is 4.90 Å². The molecule has 6 heteroatoms. The molecule has 0 radical (unpaired) electrons. The molecule has 1 fully saturated rings. The second kappa shape index (κ2) is 11.6. The lowest BCUT2D eigenvalue weighted by Crippen LogP contribution is -2.49. The summed E-state index contributed by atoms with van der Waals surface area (Å²) in [4.78, 5) is 22.4. The van der Waals surface area contributed by atoms with Crippen LogP contribution in [-0.4, -0.2) is 51.4 Å². The molecule has 1 aliphatic heterocycles. The number of nitrogens with zero attached hydrogens (tertiary/aromatic N) is 4. The van der Waals surface area contributed by atoms with E-state index in [1.165, 1.54) is 27.9 Å². The molecular formula is C35H37N5O. The van der Waals surface area contributed by atoms with E-state index < -0.39 is 0 Å². The Labute approximate surface area is 242 Å². The van der Waals surface area contributed by atoms with Crippen LogP contribution in [0.4, 0.5) is 10.5 Å². The van der Waals surface area contributed by atoms with Gasteiger partial charge in [0, 0.05) is 50.2 Å². The maximum absolute atomic E-state index is 13.0. The number of fused-ring (bicyclic) bond motifs is 1. The van der Waals surface area contributed by atoms with Crippen LogP contribution in [0.3, 0.4) is 0 Å². The minimum atomic E-state index is -0.0375. The van der Waals surface area contributed by atoms with Crippen LogP contribution < -0.4 is 5.32 Å². The zero-order chi connectivity index (χ0) is 28.3. The van der Waals surface area contributed by atoms with E-state index in [1.807, 2.05) is 23.1 Å². The van der Waals surface area contributed by atoms with Crippen LogP contribution in [0.5, 0.6) is 0 Å². The van der Waals surface area contributed by atoms with Crippen LogP contribution in [0.2, 0.25) is 0 Å². The summed E-state index contributed by atoms with van der Waals surface area (Å²) in [5, 5.41) is 3.07. The number of piperazine rings is 1. The van der Waals surface area contributed by atoms with Gasteiger partial charge >= 0.3 is 6.03 Å². The van der Waals surface area contributed by atoms with E-state index in [2.05, 4.69) is 114 Å². The Morgan fingerprint density at radius 3 is 2.27 bits per heavy atom. The molecule has 6 nitrogen and oxygen atoms in total. The van der Waals surface area contributed by atoms with Crippen molar-refractivity contribution in [3.63, 3.8) is 0 Å². The first-order valence-electron chi connectivity index (χ1n) is 14.5. The van der Waals surface area contributed by atoms with Gasteiger partial charge in [0.05, 0.1) is 11.4 Å². The molecule has 0 atom stereocenters. The fourth-order valence-corrected chi connectivity index (χ4v) is 5.54. The maximum atomic E-state index is 13.0. The Morgan fingerprint density at radius 1 is 0.829 bits per heavy atom. The van der Waals surface area contributed by atoms with Gasteiger partial charge in [-0.25, -0.2) is 9.78 Å². The Morgan fingerprint density at radius 2 is 1.56 bits per heavy atom. The van der Waals surface area contributed by atoms with Gasteiger partial charge in [-0.2, -0.15) is 0 Å². The summed E-state index contributed by atoms with van der Waals surface area (Å²) in [7, 11) is 0. The molecule has 6 rings (SSSR count). The Kier molecular flexibility index (Phi) is 7.57. The standard InChI is InChI=1S/C35H37N5O/c1-25(2)27-12-15-31(16-13-27)36-35(41)39-20-18-38(19-21-39)24-32-34(28-9-5-4-6-10-28)37-33-17-14-30(23-40(32)33)29-11-7-8-26(3)22-29/h4-17,22-23,25H,18-21,24H2,1-3H3,(H,36,41). The molecule has 3 heterocycles. The summed E-state index contributed by atoms with van der Waals surface area (Å²) in [6.07, 6.45) is 2.22. The predicted molar refractivity (Wildman–Crippen MR) is 167 cm³/mol. The summed E-state index contributed by atoms with van der Waals surface area (Å²) in [5.74, 6) is 0.470. The monoisotopic (exact) mass is 543 g/mol. The van der Waals surface area contributed by atoms with E-state index in [4.69, 9.17) is 4.98 Å².